The van der Waals surface area contributed by atoms with Gasteiger partial charge in [-0.3, -0.25) is 0 Å². The maximum absolute atomic E-state index is 12.8. The quantitative estimate of drug-likeness (QED) is 0.829. The van der Waals surface area contributed by atoms with Crippen LogP contribution in [0.3, 0.4) is 0 Å². The molecule has 0 bridgehead atoms. The number of hydrogen-bond donors (Lipinski definition) is 0. The Balaban J connectivity index is 1.78. The molecule has 1 atom stereocenters. The van der Waals surface area contributed by atoms with Crippen LogP contribution in [0.2, 0.25) is 0 Å². The van der Waals surface area contributed by atoms with Crippen LogP contribution in [-0.4, -0.2) is 47.0 Å². The molecule has 0 spiro atoms. The second kappa shape index (κ2) is 6.25. The zero-order valence-corrected chi connectivity index (χ0v) is 13.8. The number of sulfonamides is 1. The summed E-state index contributed by atoms with van der Waals surface area (Å²) < 4.78 is 37.8. The Morgan fingerprint density at radius 1 is 1.39 bits per heavy atom. The molecule has 9 heteroatoms. The monoisotopic (exact) mass is 338 g/mol. The van der Waals surface area contributed by atoms with Crippen LogP contribution < -0.4 is 4.74 Å². The summed E-state index contributed by atoms with van der Waals surface area (Å²) in [6.45, 7) is 3.96. The standard InChI is InChI=1S/C14H18N4O4S/c1-10-14(11(2)22-17-10)23(19,20)18-7-3-4-12(8-18)21-13-5-6-15-9-16-13/h5-6,9,12H,3-4,7-8H2,1-2H3/t12-/m1/s1. The van der Waals surface area contributed by atoms with Gasteiger partial charge in [0.05, 0.1) is 6.54 Å². The van der Waals surface area contributed by atoms with Gasteiger partial charge in [-0.05, 0) is 26.7 Å². The first-order valence-corrected chi connectivity index (χ1v) is 8.78. The van der Waals surface area contributed by atoms with E-state index in [9.17, 15) is 8.42 Å². The van der Waals surface area contributed by atoms with Crippen molar-refractivity contribution in [3.05, 3.63) is 30.0 Å². The molecule has 1 fully saturated rings. The van der Waals surface area contributed by atoms with Crippen molar-refractivity contribution in [2.75, 3.05) is 13.1 Å². The molecule has 0 amide bonds. The van der Waals surface area contributed by atoms with Gasteiger partial charge in [-0.1, -0.05) is 5.16 Å². The Morgan fingerprint density at radius 2 is 2.22 bits per heavy atom. The minimum absolute atomic E-state index is 0.153. The Morgan fingerprint density at radius 3 is 2.87 bits per heavy atom. The van der Waals surface area contributed by atoms with Gasteiger partial charge in [0.25, 0.3) is 0 Å². The van der Waals surface area contributed by atoms with Crippen molar-refractivity contribution >= 4 is 10.0 Å². The first kappa shape index (κ1) is 15.9. The smallest absolute Gasteiger partial charge is 0.248 e. The molecule has 2 aromatic rings. The van der Waals surface area contributed by atoms with E-state index in [1.165, 1.54) is 10.6 Å². The highest BCUT2D eigenvalue weighted by Gasteiger charge is 2.35. The lowest BCUT2D eigenvalue weighted by atomic mass is 10.1. The van der Waals surface area contributed by atoms with E-state index in [1.54, 1.807) is 26.1 Å². The number of rotatable bonds is 4. The predicted octanol–water partition coefficient (Wildman–Crippen LogP) is 1.31. The SMILES string of the molecule is Cc1noc(C)c1S(=O)(=O)N1CCC[C@@H](Oc2ccncn2)C1. The lowest BCUT2D eigenvalue weighted by Crippen LogP contribution is -2.44. The Kier molecular flexibility index (Phi) is 4.31. The molecule has 0 saturated carbocycles. The second-order valence-electron chi connectivity index (χ2n) is 5.45. The second-order valence-corrected chi connectivity index (χ2v) is 7.32. The van der Waals surface area contributed by atoms with E-state index in [0.717, 1.165) is 12.8 Å². The average molecular weight is 338 g/mol. The van der Waals surface area contributed by atoms with E-state index in [0.29, 0.717) is 23.9 Å². The molecular weight excluding hydrogens is 320 g/mol. The van der Waals surface area contributed by atoms with Crippen molar-refractivity contribution in [3.8, 4) is 5.88 Å². The van der Waals surface area contributed by atoms with Gasteiger partial charge in [0, 0.05) is 18.8 Å². The van der Waals surface area contributed by atoms with E-state index in [1.807, 2.05) is 0 Å². The number of aryl methyl sites for hydroxylation is 2. The molecule has 1 saturated heterocycles. The fourth-order valence-electron chi connectivity index (χ4n) is 2.71. The molecular formula is C14H18N4O4S. The average Bonchev–Trinajstić information content (AvgIpc) is 2.88. The summed E-state index contributed by atoms with van der Waals surface area (Å²) in [5.41, 5.74) is 0.376. The molecule has 1 aliphatic heterocycles. The largest absolute Gasteiger partial charge is 0.473 e. The maximum Gasteiger partial charge on any atom is 0.248 e. The van der Waals surface area contributed by atoms with Crippen molar-refractivity contribution in [3.63, 3.8) is 0 Å². The first-order chi connectivity index (χ1) is 11.0. The Labute approximate surface area is 134 Å². The Hall–Kier alpha value is -2.00. The summed E-state index contributed by atoms with van der Waals surface area (Å²) in [6, 6.07) is 1.65. The lowest BCUT2D eigenvalue weighted by Gasteiger charge is -2.31. The summed E-state index contributed by atoms with van der Waals surface area (Å²) in [5, 5.41) is 3.74. The van der Waals surface area contributed by atoms with Gasteiger partial charge in [-0.2, -0.15) is 4.31 Å². The molecule has 23 heavy (non-hydrogen) atoms. The zero-order valence-electron chi connectivity index (χ0n) is 13.0. The van der Waals surface area contributed by atoms with Crippen molar-refractivity contribution in [1.29, 1.82) is 0 Å². The molecule has 2 aromatic heterocycles. The topological polar surface area (TPSA) is 98.4 Å². The van der Waals surface area contributed by atoms with Crippen molar-refractivity contribution in [2.24, 2.45) is 0 Å². The van der Waals surface area contributed by atoms with Crippen LogP contribution >= 0.6 is 0 Å². The van der Waals surface area contributed by atoms with Gasteiger partial charge >= 0.3 is 0 Å². The summed E-state index contributed by atoms with van der Waals surface area (Å²) in [6.07, 6.45) is 4.24. The molecule has 8 nitrogen and oxygen atoms in total. The molecule has 0 aromatic carbocycles. The maximum atomic E-state index is 12.8. The van der Waals surface area contributed by atoms with Gasteiger partial charge in [0.2, 0.25) is 15.9 Å². The van der Waals surface area contributed by atoms with Gasteiger partial charge in [0.15, 0.2) is 5.76 Å². The Bertz CT molecular complexity index is 756. The minimum Gasteiger partial charge on any atom is -0.473 e. The third-order valence-electron chi connectivity index (χ3n) is 3.75. The number of piperidine rings is 1. The molecule has 0 aliphatic carbocycles. The van der Waals surface area contributed by atoms with Gasteiger partial charge in [-0.25, -0.2) is 18.4 Å². The van der Waals surface area contributed by atoms with Crippen LogP contribution in [0.4, 0.5) is 0 Å². The highest BCUT2D eigenvalue weighted by atomic mass is 32.2. The summed E-state index contributed by atoms with van der Waals surface area (Å²) >= 11 is 0. The van der Waals surface area contributed by atoms with Gasteiger partial charge < -0.3 is 9.26 Å². The fraction of sp³-hybridized carbons (Fsp3) is 0.500. The van der Waals surface area contributed by atoms with Crippen molar-refractivity contribution in [1.82, 2.24) is 19.4 Å². The fourth-order valence-corrected chi connectivity index (χ4v) is 4.51. The highest BCUT2D eigenvalue weighted by molar-refractivity contribution is 7.89. The third-order valence-corrected chi connectivity index (χ3v) is 5.86. The molecule has 124 valence electrons. The van der Waals surface area contributed by atoms with E-state index in [2.05, 4.69) is 15.1 Å². The molecule has 1 aliphatic rings. The molecule has 3 heterocycles. The van der Waals surface area contributed by atoms with E-state index in [-0.39, 0.29) is 17.5 Å². The number of hydrogen-bond acceptors (Lipinski definition) is 7. The van der Waals surface area contributed by atoms with E-state index >= 15 is 0 Å². The third kappa shape index (κ3) is 3.20. The summed E-state index contributed by atoms with van der Waals surface area (Å²) in [4.78, 5) is 8.00. The predicted molar refractivity (Wildman–Crippen MR) is 80.4 cm³/mol. The number of aromatic nitrogens is 3. The molecule has 0 unspecified atom stereocenters. The van der Waals surface area contributed by atoms with Crippen LogP contribution in [-0.2, 0) is 10.0 Å². The first-order valence-electron chi connectivity index (χ1n) is 7.34. The van der Waals surface area contributed by atoms with E-state index < -0.39 is 10.0 Å². The van der Waals surface area contributed by atoms with Gasteiger partial charge in [-0.15, -0.1) is 0 Å². The van der Waals surface area contributed by atoms with Crippen LogP contribution in [0, 0.1) is 13.8 Å². The van der Waals surface area contributed by atoms with Crippen molar-refractivity contribution in [2.45, 2.75) is 37.7 Å². The number of nitrogens with zero attached hydrogens (tertiary/aromatic N) is 4. The summed E-state index contributed by atoms with van der Waals surface area (Å²) in [5.74, 6) is 0.753. The normalized spacial score (nSPS) is 19.7. The van der Waals surface area contributed by atoms with Gasteiger partial charge in [0.1, 0.15) is 23.0 Å². The van der Waals surface area contributed by atoms with Crippen LogP contribution in [0.25, 0.3) is 0 Å². The van der Waals surface area contributed by atoms with Crippen LogP contribution in [0.1, 0.15) is 24.3 Å². The highest BCUT2D eigenvalue weighted by Crippen LogP contribution is 2.26. The molecule has 3 rings (SSSR count). The molecule has 0 radical (unpaired) electrons. The zero-order chi connectivity index (χ0) is 16.4. The van der Waals surface area contributed by atoms with Crippen molar-refractivity contribution < 1.29 is 17.7 Å². The minimum atomic E-state index is -3.64. The molecule has 0 N–H and O–H groups in total. The van der Waals surface area contributed by atoms with Crippen LogP contribution in [0.5, 0.6) is 5.88 Å². The number of ether oxygens (including phenoxy) is 1. The van der Waals surface area contributed by atoms with Crippen LogP contribution in [0.15, 0.2) is 28.0 Å². The summed E-state index contributed by atoms with van der Waals surface area (Å²) in [7, 11) is -3.64. The lowest BCUT2D eigenvalue weighted by molar-refractivity contribution is 0.124. The van der Waals surface area contributed by atoms with E-state index in [4.69, 9.17) is 9.26 Å².